The third kappa shape index (κ3) is 26.7. The first-order valence-electron chi connectivity index (χ1n) is 21.6. The van der Waals surface area contributed by atoms with Gasteiger partial charge >= 0.3 is 18.0 Å². The van der Waals surface area contributed by atoms with Crippen molar-refractivity contribution in [1.29, 1.82) is 0 Å². The normalized spacial score (nSPS) is 13.2. The van der Waals surface area contributed by atoms with Crippen molar-refractivity contribution in [3.63, 3.8) is 0 Å². The average Bonchev–Trinajstić information content (AvgIpc) is 3.63. The summed E-state index contributed by atoms with van der Waals surface area (Å²) in [5.74, 6) is -2.50. The fourth-order valence-electron chi connectivity index (χ4n) is 5.50. The molecule has 0 spiro atoms. The van der Waals surface area contributed by atoms with Crippen molar-refractivity contribution >= 4 is 66.1 Å². The van der Waals surface area contributed by atoms with Crippen LogP contribution >= 0.6 is 23.1 Å². The minimum absolute atomic E-state index is 0.0381. The summed E-state index contributed by atoms with van der Waals surface area (Å²) in [7, 11) is -1.45. The van der Waals surface area contributed by atoms with Crippen LogP contribution in [0.15, 0.2) is 29.3 Å². The van der Waals surface area contributed by atoms with E-state index in [0.29, 0.717) is 23.6 Å². The molecule has 0 fully saturated rings. The van der Waals surface area contributed by atoms with Gasteiger partial charge in [-0.05, 0) is 58.6 Å². The van der Waals surface area contributed by atoms with E-state index in [2.05, 4.69) is 47.5 Å². The molecular weight excluding hydrogens is 821 g/mol. The summed E-state index contributed by atoms with van der Waals surface area (Å²) in [6, 6.07) is -0.323. The number of ether oxygens (including phenoxy) is 3. The molecule has 3 amide bonds. The second-order valence-electron chi connectivity index (χ2n) is 17.4. The molecule has 0 saturated carbocycles. The van der Waals surface area contributed by atoms with E-state index >= 15 is 0 Å². The first-order valence-corrected chi connectivity index (χ1v) is 27.2. The second kappa shape index (κ2) is 29.7. The van der Waals surface area contributed by atoms with Gasteiger partial charge in [0.15, 0.2) is 5.12 Å². The van der Waals surface area contributed by atoms with Crippen LogP contribution in [0.25, 0.3) is 0 Å². The Bertz CT molecular complexity index is 1550. The minimum atomic E-state index is -1.45. The van der Waals surface area contributed by atoms with Crippen molar-refractivity contribution in [2.45, 2.75) is 182 Å². The molecule has 0 radical (unpaired) electrons. The predicted octanol–water partition coefficient (Wildman–Crippen LogP) is 9.64. The number of thioether (sulfide) groups is 1. The zero-order valence-corrected chi connectivity index (χ0v) is 40.6. The van der Waals surface area contributed by atoms with Gasteiger partial charge in [-0.3, -0.25) is 19.2 Å². The summed E-state index contributed by atoms with van der Waals surface area (Å²) in [5.41, 5.74) is -0.737. The van der Waals surface area contributed by atoms with E-state index in [4.69, 9.17) is 14.2 Å². The maximum absolute atomic E-state index is 13.6. The van der Waals surface area contributed by atoms with E-state index in [1.807, 2.05) is 0 Å². The highest BCUT2D eigenvalue weighted by Crippen LogP contribution is 2.17. The van der Waals surface area contributed by atoms with Gasteiger partial charge in [-0.25, -0.2) is 14.6 Å². The molecule has 0 unspecified atom stereocenters. The Morgan fingerprint density at radius 3 is 2.17 bits per heavy atom. The number of amides is 3. The van der Waals surface area contributed by atoms with Crippen molar-refractivity contribution in [3.05, 3.63) is 40.0 Å². The summed E-state index contributed by atoms with van der Waals surface area (Å²) < 4.78 is 16.5. The van der Waals surface area contributed by atoms with Gasteiger partial charge in [0.25, 0.3) is 11.8 Å². The summed E-state index contributed by atoms with van der Waals surface area (Å²) >= 11 is 2.44. The molecule has 340 valence electrons. The van der Waals surface area contributed by atoms with Crippen molar-refractivity contribution in [3.8, 4) is 0 Å². The Morgan fingerprint density at radius 1 is 0.950 bits per heavy atom. The molecule has 13 nitrogen and oxygen atoms in total. The van der Waals surface area contributed by atoms with Gasteiger partial charge < -0.3 is 30.2 Å². The van der Waals surface area contributed by atoms with E-state index in [0.717, 1.165) is 36.6 Å². The zero-order valence-electron chi connectivity index (χ0n) is 38.0. The number of hydrogen-bond acceptors (Lipinski definition) is 12. The number of carbonyl (C=O) groups is 6. The fourth-order valence-corrected chi connectivity index (χ4v) is 7.70. The highest BCUT2D eigenvalue weighted by atomic mass is 32.2. The zero-order chi connectivity index (χ0) is 45.1. The molecule has 0 aliphatic heterocycles. The number of carbonyl (C=O) groups excluding carboxylic acids is 6. The maximum Gasteiger partial charge on any atom is 0.408 e. The van der Waals surface area contributed by atoms with Crippen molar-refractivity contribution in [1.82, 2.24) is 20.9 Å². The van der Waals surface area contributed by atoms with Crippen molar-refractivity contribution in [2.75, 3.05) is 12.4 Å². The molecule has 1 rings (SSSR count). The number of alkyl carbamates (subject to hydrolysis) is 1. The molecular formula is C44H74N4O9S2Si. The predicted molar refractivity (Wildman–Crippen MR) is 244 cm³/mol. The molecule has 0 saturated heterocycles. The fraction of sp³-hybridized carbons (Fsp3) is 0.705. The van der Waals surface area contributed by atoms with Crippen molar-refractivity contribution in [2.24, 2.45) is 5.92 Å². The molecule has 0 aliphatic carbocycles. The first kappa shape index (κ1) is 54.5. The Labute approximate surface area is 368 Å². The van der Waals surface area contributed by atoms with Gasteiger partial charge in [0.2, 0.25) is 0 Å². The molecule has 1 aromatic rings. The monoisotopic (exact) mass is 894 g/mol. The van der Waals surface area contributed by atoms with Gasteiger partial charge in [-0.1, -0.05) is 122 Å². The lowest BCUT2D eigenvalue weighted by Crippen LogP contribution is -2.48. The number of unbranched alkanes of at least 4 members (excludes halogenated alkanes) is 9. The van der Waals surface area contributed by atoms with E-state index in [1.54, 1.807) is 53.7 Å². The van der Waals surface area contributed by atoms with Crippen LogP contribution in [0.3, 0.4) is 0 Å². The average molecular weight is 895 g/mol. The Kier molecular flexibility index (Phi) is 27.0. The summed E-state index contributed by atoms with van der Waals surface area (Å²) in [6.45, 7) is 19.4. The molecule has 2 atom stereocenters. The largest absolute Gasteiger partial charge is 0.466 e. The number of thiazole rings is 1. The van der Waals surface area contributed by atoms with Crippen LogP contribution in [0.1, 0.15) is 147 Å². The van der Waals surface area contributed by atoms with E-state index < -0.39 is 61.6 Å². The molecule has 0 aromatic carbocycles. The second-order valence-corrected chi connectivity index (χ2v) is 25.1. The van der Waals surface area contributed by atoms with Crippen molar-refractivity contribution < 1.29 is 43.0 Å². The SMILES string of the molecule is CC=C(NC(=O)c1csc(CNC(=O)OC(C)(C)C)n1)C(=O)N[C@H](C(=O)O[C@H](C=CCCSC(=O)CCCCCCCCCCCC)CC(=O)OCC[Si](C)(C)C)C(C)C. The molecule has 0 bridgehead atoms. The molecule has 0 aliphatic rings. The highest BCUT2D eigenvalue weighted by molar-refractivity contribution is 8.13. The Morgan fingerprint density at radius 2 is 1.58 bits per heavy atom. The number of nitrogens with zero attached hydrogens (tertiary/aromatic N) is 1. The lowest BCUT2D eigenvalue weighted by atomic mass is 10.0. The lowest BCUT2D eigenvalue weighted by Gasteiger charge is -2.24. The first-order chi connectivity index (χ1) is 28.2. The number of hydrogen-bond donors (Lipinski definition) is 3. The molecule has 1 aromatic heterocycles. The van der Waals surface area contributed by atoms with E-state index in [9.17, 15) is 28.8 Å². The van der Waals surface area contributed by atoms with Crippen LogP contribution in [0, 0.1) is 5.92 Å². The Balaban J connectivity index is 2.81. The van der Waals surface area contributed by atoms with Crippen LogP contribution < -0.4 is 16.0 Å². The number of rotatable bonds is 29. The van der Waals surface area contributed by atoms with Gasteiger partial charge in [0.05, 0.1) is 19.6 Å². The Hall–Kier alpha value is -3.50. The summed E-state index contributed by atoms with van der Waals surface area (Å²) in [5, 5.41) is 9.91. The van der Waals surface area contributed by atoms with Crippen LogP contribution in [0.5, 0.6) is 0 Å². The quantitative estimate of drug-likeness (QED) is 0.0174. The molecule has 3 N–H and O–H groups in total. The third-order valence-electron chi connectivity index (χ3n) is 8.94. The van der Waals surface area contributed by atoms with E-state index in [1.165, 1.54) is 68.2 Å². The minimum Gasteiger partial charge on any atom is -0.466 e. The number of aromatic nitrogens is 1. The molecule has 1 heterocycles. The maximum atomic E-state index is 13.6. The van der Waals surface area contributed by atoms with E-state index in [-0.39, 0.29) is 36.1 Å². The van der Waals surface area contributed by atoms with Gasteiger partial charge in [-0.2, -0.15) is 0 Å². The topological polar surface area (TPSA) is 179 Å². The van der Waals surface area contributed by atoms with Crippen LogP contribution in [-0.2, 0) is 39.9 Å². The smallest absolute Gasteiger partial charge is 0.408 e. The summed E-state index contributed by atoms with van der Waals surface area (Å²) in [4.78, 5) is 81.6. The van der Waals surface area contributed by atoms with Crippen LogP contribution in [-0.4, -0.2) is 78.1 Å². The standard InChI is InChI=1S/C44H74N4O9S2Si/c1-11-13-14-15-16-17-18-19-20-21-25-38(50)58-27-23-22-24-33(29-37(49)55-26-28-60(8,9)10)56-42(53)39(32(3)4)48-40(51)34(12-2)47-41(52)35-31-59-36(46-35)30-45-43(54)57-44(5,6)7/h12,22,24,31-33,39H,11,13-21,23,25-30H2,1-10H3,(H,45,54)(H,47,52)(H,48,51)/t33-,39+/m1/s1. The highest BCUT2D eigenvalue weighted by Gasteiger charge is 2.30. The number of allylic oxidation sites excluding steroid dienone is 2. The molecule has 60 heavy (non-hydrogen) atoms. The summed E-state index contributed by atoms with van der Waals surface area (Å²) in [6.07, 6.45) is 16.3. The van der Waals surface area contributed by atoms with Crippen LogP contribution in [0.2, 0.25) is 25.7 Å². The van der Waals surface area contributed by atoms with Gasteiger partial charge in [0.1, 0.15) is 34.1 Å². The number of nitrogens with one attached hydrogen (secondary N) is 3. The lowest BCUT2D eigenvalue weighted by molar-refractivity contribution is -0.156. The van der Waals surface area contributed by atoms with Gasteiger partial charge in [-0.15, -0.1) is 11.3 Å². The number of esters is 2. The molecule has 16 heteroatoms. The van der Waals surface area contributed by atoms with Crippen LogP contribution in [0.4, 0.5) is 4.79 Å². The van der Waals surface area contributed by atoms with Gasteiger partial charge in [0, 0.05) is 25.6 Å². The third-order valence-corrected chi connectivity index (χ3v) is 12.5.